The highest BCUT2D eigenvalue weighted by atomic mass is 32.2. The van der Waals surface area contributed by atoms with E-state index in [9.17, 15) is 13.2 Å². The molecule has 1 unspecified atom stereocenters. The molecule has 0 radical (unpaired) electrons. The van der Waals surface area contributed by atoms with Gasteiger partial charge in [-0.05, 0) is 33.6 Å². The van der Waals surface area contributed by atoms with Crippen LogP contribution in [0.2, 0.25) is 0 Å². The molecule has 1 atom stereocenters. The molecule has 1 aliphatic heterocycles. The number of sulfonamides is 1. The van der Waals surface area contributed by atoms with E-state index in [0.717, 1.165) is 12.8 Å². The monoisotopic (exact) mass is 262 g/mol. The Labute approximate surface area is 104 Å². The molecular formula is C11H22N2O3S. The van der Waals surface area contributed by atoms with Crippen LogP contribution in [0, 0.1) is 5.92 Å². The van der Waals surface area contributed by atoms with E-state index >= 15 is 0 Å². The Morgan fingerprint density at radius 2 is 2.12 bits per heavy atom. The maximum atomic E-state index is 11.8. The summed E-state index contributed by atoms with van der Waals surface area (Å²) in [6.45, 7) is 6.31. The predicted molar refractivity (Wildman–Crippen MR) is 67.0 cm³/mol. The lowest BCUT2D eigenvalue weighted by Crippen LogP contribution is -2.47. The van der Waals surface area contributed by atoms with Gasteiger partial charge in [0.1, 0.15) is 0 Å². The summed E-state index contributed by atoms with van der Waals surface area (Å²) in [6.07, 6.45) is 1.53. The third-order valence-electron chi connectivity index (χ3n) is 2.94. The van der Waals surface area contributed by atoms with E-state index in [1.807, 2.05) is 13.8 Å². The number of hydrogen-bond acceptors (Lipinski definition) is 3. The Hall–Kier alpha value is -0.620. The number of rotatable bonds is 4. The molecule has 0 saturated carbocycles. The number of nitrogens with zero attached hydrogens (tertiary/aromatic N) is 1. The van der Waals surface area contributed by atoms with Crippen LogP contribution in [-0.4, -0.2) is 43.5 Å². The Morgan fingerprint density at radius 1 is 1.47 bits per heavy atom. The number of carbonyl (C=O) groups is 1. The second-order valence-corrected chi connectivity index (χ2v) is 7.02. The molecule has 0 spiro atoms. The number of amides is 1. The van der Waals surface area contributed by atoms with Crippen molar-refractivity contribution in [3.63, 3.8) is 0 Å². The highest BCUT2D eigenvalue weighted by molar-refractivity contribution is 7.89. The third kappa shape index (κ3) is 3.96. The molecule has 5 nitrogen and oxygen atoms in total. The van der Waals surface area contributed by atoms with Crippen molar-refractivity contribution < 1.29 is 13.2 Å². The minimum atomic E-state index is -3.16. The average molecular weight is 262 g/mol. The second-order valence-electron chi connectivity index (χ2n) is 4.76. The van der Waals surface area contributed by atoms with Gasteiger partial charge < -0.3 is 5.32 Å². The number of nitrogens with one attached hydrogen (secondary N) is 1. The first kappa shape index (κ1) is 14.4. The fourth-order valence-corrected chi connectivity index (χ4v) is 3.17. The van der Waals surface area contributed by atoms with Gasteiger partial charge in [0, 0.05) is 19.1 Å². The molecular weight excluding hydrogens is 240 g/mol. The molecule has 0 aromatic heterocycles. The summed E-state index contributed by atoms with van der Waals surface area (Å²) in [4.78, 5) is 11.8. The van der Waals surface area contributed by atoms with Crippen molar-refractivity contribution in [2.75, 3.05) is 18.8 Å². The van der Waals surface area contributed by atoms with Crippen molar-refractivity contribution in [1.29, 1.82) is 0 Å². The van der Waals surface area contributed by atoms with E-state index in [1.54, 1.807) is 6.92 Å². The zero-order valence-electron chi connectivity index (χ0n) is 10.8. The number of hydrogen-bond donors (Lipinski definition) is 1. The minimum Gasteiger partial charge on any atom is -0.354 e. The standard InChI is InChI=1S/C11H22N2O3S/c1-4-17(15,16)13-7-5-6-10(8-13)11(14)12-9(2)3/h9-10H,4-8H2,1-3H3,(H,12,14). The highest BCUT2D eigenvalue weighted by Gasteiger charge is 2.31. The molecule has 1 N–H and O–H groups in total. The fourth-order valence-electron chi connectivity index (χ4n) is 1.99. The molecule has 1 rings (SSSR count). The molecule has 0 aromatic rings. The van der Waals surface area contributed by atoms with Crippen molar-refractivity contribution in [3.8, 4) is 0 Å². The molecule has 17 heavy (non-hydrogen) atoms. The van der Waals surface area contributed by atoms with Crippen LogP contribution < -0.4 is 5.32 Å². The molecule has 100 valence electrons. The van der Waals surface area contributed by atoms with E-state index < -0.39 is 10.0 Å². The summed E-state index contributed by atoms with van der Waals surface area (Å²) in [5.74, 6) is -0.130. The Kier molecular flexibility index (Phi) is 4.94. The lowest BCUT2D eigenvalue weighted by Gasteiger charge is -2.31. The van der Waals surface area contributed by atoms with E-state index in [4.69, 9.17) is 0 Å². The number of piperidine rings is 1. The Morgan fingerprint density at radius 3 is 2.65 bits per heavy atom. The summed E-state index contributed by atoms with van der Waals surface area (Å²) in [6, 6.07) is 0.0978. The Balaban J connectivity index is 2.64. The van der Waals surface area contributed by atoms with Gasteiger partial charge in [-0.1, -0.05) is 0 Å². The number of carbonyl (C=O) groups excluding carboxylic acids is 1. The van der Waals surface area contributed by atoms with Crippen molar-refractivity contribution in [1.82, 2.24) is 9.62 Å². The second kappa shape index (κ2) is 5.82. The van der Waals surface area contributed by atoms with Gasteiger partial charge in [-0.2, -0.15) is 0 Å². The SMILES string of the molecule is CCS(=O)(=O)N1CCCC(C(=O)NC(C)C)C1. The Bertz CT molecular complexity index is 365. The topological polar surface area (TPSA) is 66.5 Å². The van der Waals surface area contributed by atoms with Gasteiger partial charge in [-0.3, -0.25) is 4.79 Å². The average Bonchev–Trinajstić information content (AvgIpc) is 2.28. The molecule has 6 heteroatoms. The van der Waals surface area contributed by atoms with Crippen molar-refractivity contribution in [2.45, 2.75) is 39.7 Å². The summed E-state index contributed by atoms with van der Waals surface area (Å²) >= 11 is 0. The predicted octanol–water partition coefficient (Wildman–Crippen LogP) is 0.573. The van der Waals surface area contributed by atoms with Crippen LogP contribution in [0.5, 0.6) is 0 Å². The van der Waals surface area contributed by atoms with E-state index in [1.165, 1.54) is 4.31 Å². The fraction of sp³-hybridized carbons (Fsp3) is 0.909. The third-order valence-corrected chi connectivity index (χ3v) is 4.79. The van der Waals surface area contributed by atoms with Gasteiger partial charge in [0.05, 0.1) is 11.7 Å². The summed E-state index contributed by atoms with van der Waals surface area (Å²) in [7, 11) is -3.16. The van der Waals surface area contributed by atoms with E-state index in [0.29, 0.717) is 13.1 Å². The first-order valence-electron chi connectivity index (χ1n) is 6.15. The van der Waals surface area contributed by atoms with Crippen LogP contribution in [0.1, 0.15) is 33.6 Å². The summed E-state index contributed by atoms with van der Waals surface area (Å²) < 4.78 is 24.9. The first-order valence-corrected chi connectivity index (χ1v) is 7.76. The van der Waals surface area contributed by atoms with Crippen LogP contribution in [0.15, 0.2) is 0 Å². The lowest BCUT2D eigenvalue weighted by atomic mass is 9.98. The largest absolute Gasteiger partial charge is 0.354 e. The molecule has 1 saturated heterocycles. The van der Waals surface area contributed by atoms with Crippen molar-refractivity contribution in [3.05, 3.63) is 0 Å². The zero-order valence-corrected chi connectivity index (χ0v) is 11.6. The van der Waals surface area contributed by atoms with Gasteiger partial charge in [-0.25, -0.2) is 12.7 Å². The highest BCUT2D eigenvalue weighted by Crippen LogP contribution is 2.19. The summed E-state index contributed by atoms with van der Waals surface area (Å²) in [5.41, 5.74) is 0. The van der Waals surface area contributed by atoms with E-state index in [2.05, 4.69) is 5.32 Å². The summed E-state index contributed by atoms with van der Waals surface area (Å²) in [5, 5.41) is 2.84. The van der Waals surface area contributed by atoms with Crippen LogP contribution >= 0.6 is 0 Å². The molecule has 1 amide bonds. The molecule has 0 bridgehead atoms. The molecule has 0 aromatic carbocycles. The maximum absolute atomic E-state index is 11.8. The van der Waals surface area contributed by atoms with Crippen LogP contribution in [0.25, 0.3) is 0 Å². The quantitative estimate of drug-likeness (QED) is 0.805. The van der Waals surface area contributed by atoms with Gasteiger partial charge in [0.25, 0.3) is 0 Å². The van der Waals surface area contributed by atoms with Crippen molar-refractivity contribution in [2.24, 2.45) is 5.92 Å². The molecule has 1 heterocycles. The first-order chi connectivity index (χ1) is 7.86. The lowest BCUT2D eigenvalue weighted by molar-refractivity contribution is -0.126. The van der Waals surface area contributed by atoms with Gasteiger partial charge >= 0.3 is 0 Å². The van der Waals surface area contributed by atoms with Gasteiger partial charge in [0.15, 0.2) is 0 Å². The zero-order chi connectivity index (χ0) is 13.1. The van der Waals surface area contributed by atoms with Crippen LogP contribution in [-0.2, 0) is 14.8 Å². The molecule has 1 fully saturated rings. The van der Waals surface area contributed by atoms with Crippen molar-refractivity contribution >= 4 is 15.9 Å². The van der Waals surface area contributed by atoms with Gasteiger partial charge in [-0.15, -0.1) is 0 Å². The maximum Gasteiger partial charge on any atom is 0.224 e. The minimum absolute atomic E-state index is 0.0315. The normalized spacial score (nSPS) is 22.7. The smallest absolute Gasteiger partial charge is 0.224 e. The van der Waals surface area contributed by atoms with Crippen LogP contribution in [0.4, 0.5) is 0 Å². The molecule has 1 aliphatic rings. The van der Waals surface area contributed by atoms with Gasteiger partial charge in [0.2, 0.25) is 15.9 Å². The van der Waals surface area contributed by atoms with Crippen LogP contribution in [0.3, 0.4) is 0 Å². The van der Waals surface area contributed by atoms with E-state index in [-0.39, 0.29) is 23.6 Å². The molecule has 0 aliphatic carbocycles.